The van der Waals surface area contributed by atoms with Crippen molar-refractivity contribution in [1.29, 1.82) is 0 Å². The number of thioether (sulfide) groups is 1. The number of rotatable bonds is 6. The van der Waals surface area contributed by atoms with E-state index in [0.717, 1.165) is 17.4 Å². The molecular formula is C21H17FN6O2S. The molecule has 0 bridgehead atoms. The van der Waals surface area contributed by atoms with Gasteiger partial charge < -0.3 is 4.98 Å². The number of nitrogens with one attached hydrogen (secondary N) is 3. The maximum Gasteiger partial charge on any atom is 0.286 e. The van der Waals surface area contributed by atoms with Crippen molar-refractivity contribution in [2.75, 3.05) is 5.75 Å². The summed E-state index contributed by atoms with van der Waals surface area (Å²) in [5.74, 6) is -0.680. The first kappa shape index (κ1) is 20.4. The molecule has 0 aliphatic rings. The molecule has 2 aromatic carbocycles. The Labute approximate surface area is 180 Å². The van der Waals surface area contributed by atoms with Crippen LogP contribution in [0.3, 0.4) is 0 Å². The van der Waals surface area contributed by atoms with Gasteiger partial charge in [-0.05, 0) is 48.5 Å². The zero-order chi connectivity index (χ0) is 21.6. The molecule has 10 heteroatoms. The van der Waals surface area contributed by atoms with Crippen LogP contribution in [0.5, 0.6) is 0 Å². The molecule has 0 radical (unpaired) electrons. The highest BCUT2D eigenvalue weighted by Gasteiger charge is 2.17. The molecule has 0 aliphatic carbocycles. The number of hydrogen-bond acceptors (Lipinski definition) is 5. The van der Waals surface area contributed by atoms with Crippen LogP contribution in [0.4, 0.5) is 4.39 Å². The van der Waals surface area contributed by atoms with E-state index in [-0.39, 0.29) is 11.6 Å². The van der Waals surface area contributed by atoms with Crippen molar-refractivity contribution < 1.29 is 14.0 Å². The summed E-state index contributed by atoms with van der Waals surface area (Å²) < 4.78 is 15.1. The molecule has 0 saturated heterocycles. The maximum atomic E-state index is 13.3. The van der Waals surface area contributed by atoms with E-state index in [9.17, 15) is 14.0 Å². The molecule has 0 aliphatic heterocycles. The monoisotopic (exact) mass is 436 g/mol. The summed E-state index contributed by atoms with van der Waals surface area (Å²) in [7, 11) is 0. The van der Waals surface area contributed by atoms with Crippen molar-refractivity contribution in [2.45, 2.75) is 5.16 Å². The standard InChI is InChI=1S/C21H17FN6O2S/c22-15-10-8-14(9-11-15)19-25-27-21(28(19)16-5-2-1-3-6-16)31-13-18(29)24-26-20(30)17-7-4-12-23-17/h1-12,23H,13H2,(H,24,29)(H,26,30). The minimum absolute atomic E-state index is 0.000604. The van der Waals surface area contributed by atoms with Crippen LogP contribution in [0.15, 0.2) is 78.1 Å². The molecule has 8 nitrogen and oxygen atoms in total. The molecule has 0 unspecified atom stereocenters. The second-order valence-electron chi connectivity index (χ2n) is 6.36. The largest absolute Gasteiger partial charge is 0.357 e. The first-order chi connectivity index (χ1) is 15.1. The molecule has 4 aromatic rings. The topological polar surface area (TPSA) is 105 Å². The molecule has 2 amide bonds. The van der Waals surface area contributed by atoms with Gasteiger partial charge in [-0.2, -0.15) is 0 Å². The van der Waals surface area contributed by atoms with Gasteiger partial charge in [0.15, 0.2) is 11.0 Å². The van der Waals surface area contributed by atoms with Crippen molar-refractivity contribution >= 4 is 23.6 Å². The van der Waals surface area contributed by atoms with Gasteiger partial charge in [0.25, 0.3) is 5.91 Å². The van der Waals surface area contributed by atoms with Gasteiger partial charge in [-0.15, -0.1) is 10.2 Å². The fourth-order valence-electron chi connectivity index (χ4n) is 2.79. The molecule has 0 atom stereocenters. The van der Waals surface area contributed by atoms with E-state index in [1.807, 2.05) is 30.3 Å². The number of aromatic nitrogens is 4. The Balaban J connectivity index is 1.49. The van der Waals surface area contributed by atoms with Crippen LogP contribution < -0.4 is 10.9 Å². The molecule has 156 valence electrons. The van der Waals surface area contributed by atoms with Gasteiger partial charge in [-0.25, -0.2) is 4.39 Å². The lowest BCUT2D eigenvalue weighted by Gasteiger charge is -2.10. The average Bonchev–Trinajstić information content (AvgIpc) is 3.47. The number of carbonyl (C=O) groups excluding carboxylic acids is 2. The van der Waals surface area contributed by atoms with Gasteiger partial charge >= 0.3 is 0 Å². The van der Waals surface area contributed by atoms with Crippen LogP contribution in [0, 0.1) is 5.82 Å². The van der Waals surface area contributed by atoms with E-state index < -0.39 is 11.8 Å². The number of amides is 2. The number of nitrogens with zero attached hydrogens (tertiary/aromatic N) is 3. The lowest BCUT2D eigenvalue weighted by Crippen LogP contribution is -2.42. The third kappa shape index (κ3) is 4.81. The summed E-state index contributed by atoms with van der Waals surface area (Å²) in [6, 6.07) is 18.6. The molecule has 31 heavy (non-hydrogen) atoms. The number of H-pyrrole nitrogens is 1. The smallest absolute Gasteiger partial charge is 0.286 e. The third-order valence-corrected chi connectivity index (χ3v) is 5.17. The zero-order valence-corrected chi connectivity index (χ0v) is 16.9. The number of para-hydroxylation sites is 1. The summed E-state index contributed by atoms with van der Waals surface area (Å²) in [5.41, 5.74) is 6.53. The Bertz CT molecular complexity index is 1180. The molecule has 2 heterocycles. The first-order valence-electron chi connectivity index (χ1n) is 9.24. The fourth-order valence-corrected chi connectivity index (χ4v) is 3.54. The minimum atomic E-state index is -0.450. The predicted molar refractivity (Wildman–Crippen MR) is 114 cm³/mol. The Kier molecular flexibility index (Phi) is 6.08. The van der Waals surface area contributed by atoms with Crippen molar-refractivity contribution in [3.8, 4) is 17.1 Å². The molecular weight excluding hydrogens is 419 g/mol. The minimum Gasteiger partial charge on any atom is -0.357 e. The number of benzene rings is 2. The Morgan fingerprint density at radius 3 is 2.45 bits per heavy atom. The fraction of sp³-hybridized carbons (Fsp3) is 0.0476. The highest BCUT2D eigenvalue weighted by atomic mass is 32.2. The molecule has 0 spiro atoms. The van der Waals surface area contributed by atoms with Crippen LogP contribution in [0.25, 0.3) is 17.1 Å². The maximum absolute atomic E-state index is 13.3. The van der Waals surface area contributed by atoms with E-state index in [0.29, 0.717) is 22.2 Å². The average molecular weight is 436 g/mol. The van der Waals surface area contributed by atoms with Crippen molar-refractivity contribution in [2.24, 2.45) is 0 Å². The molecule has 0 fully saturated rings. The van der Waals surface area contributed by atoms with Crippen molar-refractivity contribution in [3.63, 3.8) is 0 Å². The first-order valence-corrected chi connectivity index (χ1v) is 10.2. The van der Waals surface area contributed by atoms with Crippen LogP contribution in [0.1, 0.15) is 10.5 Å². The number of hydrazine groups is 1. The number of halogens is 1. The Morgan fingerprint density at radius 1 is 0.968 bits per heavy atom. The van der Waals surface area contributed by atoms with E-state index in [1.54, 1.807) is 35.0 Å². The van der Waals surface area contributed by atoms with Gasteiger partial charge in [0.05, 0.1) is 5.75 Å². The van der Waals surface area contributed by atoms with E-state index >= 15 is 0 Å². The van der Waals surface area contributed by atoms with Crippen molar-refractivity contribution in [1.82, 2.24) is 30.6 Å². The van der Waals surface area contributed by atoms with E-state index in [2.05, 4.69) is 26.0 Å². The van der Waals surface area contributed by atoms with Crippen LogP contribution >= 0.6 is 11.8 Å². The quantitative estimate of drug-likeness (QED) is 0.318. The van der Waals surface area contributed by atoms with Gasteiger partial charge in [0.2, 0.25) is 5.91 Å². The summed E-state index contributed by atoms with van der Waals surface area (Å²) >= 11 is 1.16. The van der Waals surface area contributed by atoms with Crippen LogP contribution in [-0.2, 0) is 4.79 Å². The summed E-state index contributed by atoms with van der Waals surface area (Å²) in [5, 5.41) is 8.93. The van der Waals surface area contributed by atoms with Gasteiger partial charge in [0.1, 0.15) is 11.5 Å². The number of carbonyl (C=O) groups is 2. The number of aromatic amines is 1. The summed E-state index contributed by atoms with van der Waals surface area (Å²) in [4.78, 5) is 26.8. The molecule has 3 N–H and O–H groups in total. The molecule has 4 rings (SSSR count). The summed E-state index contributed by atoms with van der Waals surface area (Å²) in [6.07, 6.45) is 1.61. The predicted octanol–water partition coefficient (Wildman–Crippen LogP) is 2.95. The van der Waals surface area contributed by atoms with E-state index in [4.69, 9.17) is 0 Å². The van der Waals surface area contributed by atoms with Crippen molar-refractivity contribution in [3.05, 3.63) is 84.4 Å². The Hall–Kier alpha value is -3.92. The second kappa shape index (κ2) is 9.26. The summed E-state index contributed by atoms with van der Waals surface area (Å²) in [6.45, 7) is 0. The van der Waals surface area contributed by atoms with Crippen LogP contribution in [-0.4, -0.2) is 37.3 Å². The number of hydrogen-bond donors (Lipinski definition) is 3. The highest BCUT2D eigenvalue weighted by Crippen LogP contribution is 2.27. The van der Waals surface area contributed by atoms with E-state index in [1.165, 1.54) is 12.1 Å². The normalized spacial score (nSPS) is 10.6. The lowest BCUT2D eigenvalue weighted by atomic mass is 10.2. The van der Waals surface area contributed by atoms with Gasteiger partial charge in [0, 0.05) is 17.4 Å². The van der Waals surface area contributed by atoms with Gasteiger partial charge in [-0.3, -0.25) is 25.0 Å². The van der Waals surface area contributed by atoms with Gasteiger partial charge in [-0.1, -0.05) is 30.0 Å². The van der Waals surface area contributed by atoms with Crippen LogP contribution in [0.2, 0.25) is 0 Å². The molecule has 2 aromatic heterocycles. The Morgan fingerprint density at radius 2 is 1.74 bits per heavy atom. The SMILES string of the molecule is O=C(CSc1nnc(-c2ccc(F)cc2)n1-c1ccccc1)NNC(=O)c1ccc[nH]1. The highest BCUT2D eigenvalue weighted by molar-refractivity contribution is 7.99. The third-order valence-electron chi connectivity index (χ3n) is 4.24. The second-order valence-corrected chi connectivity index (χ2v) is 7.30. The molecule has 0 saturated carbocycles. The lowest BCUT2D eigenvalue weighted by molar-refractivity contribution is -0.119. The zero-order valence-electron chi connectivity index (χ0n) is 16.1.